The Bertz CT molecular complexity index is 714. The Balaban J connectivity index is 1.74. The summed E-state index contributed by atoms with van der Waals surface area (Å²) in [4.78, 5) is 4.61. The number of nitrogens with one attached hydrogen (secondary N) is 3. The third kappa shape index (κ3) is 9.60. The molecule has 7 nitrogen and oxygen atoms in total. The molecular formula is C21H36N4O3S. The van der Waals surface area contributed by atoms with Gasteiger partial charge in [-0.1, -0.05) is 43.5 Å². The zero-order chi connectivity index (χ0) is 21.0. The van der Waals surface area contributed by atoms with Crippen molar-refractivity contribution >= 4 is 16.0 Å². The zero-order valence-electron chi connectivity index (χ0n) is 17.7. The average molecular weight is 425 g/mol. The van der Waals surface area contributed by atoms with E-state index >= 15 is 0 Å². The van der Waals surface area contributed by atoms with Gasteiger partial charge in [0.15, 0.2) is 5.96 Å². The second kappa shape index (κ2) is 12.8. The van der Waals surface area contributed by atoms with Crippen LogP contribution in [0.5, 0.6) is 0 Å². The highest BCUT2D eigenvalue weighted by atomic mass is 32.2. The Morgan fingerprint density at radius 1 is 1.10 bits per heavy atom. The SMILES string of the molecule is CCNC(=NCc1ccc(CS(=O)(=O)NC)cc1)NCCCOC1CCCCC1. The largest absolute Gasteiger partial charge is 0.378 e. The molecule has 0 spiro atoms. The first kappa shape index (κ1) is 23.6. The summed E-state index contributed by atoms with van der Waals surface area (Å²) in [5, 5.41) is 6.60. The van der Waals surface area contributed by atoms with Crippen molar-refractivity contribution in [1.82, 2.24) is 15.4 Å². The Kier molecular flexibility index (Phi) is 10.5. The maximum absolute atomic E-state index is 11.6. The molecule has 8 heteroatoms. The van der Waals surface area contributed by atoms with Gasteiger partial charge in [-0.2, -0.15) is 0 Å². The third-order valence-electron chi connectivity index (χ3n) is 4.97. The minimum atomic E-state index is -3.25. The third-order valence-corrected chi connectivity index (χ3v) is 6.31. The second-order valence-corrected chi connectivity index (χ2v) is 9.31. The molecule has 164 valence electrons. The molecule has 0 aliphatic heterocycles. The summed E-state index contributed by atoms with van der Waals surface area (Å²) >= 11 is 0. The van der Waals surface area contributed by atoms with Gasteiger partial charge in [-0.3, -0.25) is 0 Å². The quantitative estimate of drug-likeness (QED) is 0.288. The van der Waals surface area contributed by atoms with Crippen LogP contribution in [0.15, 0.2) is 29.3 Å². The first-order valence-electron chi connectivity index (χ1n) is 10.6. The van der Waals surface area contributed by atoms with Crippen LogP contribution in [0.3, 0.4) is 0 Å². The summed E-state index contributed by atoms with van der Waals surface area (Å²) in [5.41, 5.74) is 1.79. The molecule has 3 N–H and O–H groups in total. The van der Waals surface area contributed by atoms with Crippen LogP contribution >= 0.6 is 0 Å². The van der Waals surface area contributed by atoms with Crippen molar-refractivity contribution in [3.8, 4) is 0 Å². The smallest absolute Gasteiger partial charge is 0.215 e. The first-order chi connectivity index (χ1) is 14.0. The molecule has 0 bridgehead atoms. The zero-order valence-corrected chi connectivity index (χ0v) is 18.6. The molecule has 0 heterocycles. The fraction of sp³-hybridized carbons (Fsp3) is 0.667. The predicted molar refractivity (Wildman–Crippen MR) is 118 cm³/mol. The van der Waals surface area contributed by atoms with Gasteiger partial charge in [0.05, 0.1) is 18.4 Å². The normalized spacial score (nSPS) is 16.0. The lowest BCUT2D eigenvalue weighted by molar-refractivity contribution is 0.0277. The lowest BCUT2D eigenvalue weighted by Crippen LogP contribution is -2.38. The van der Waals surface area contributed by atoms with Gasteiger partial charge in [0.2, 0.25) is 10.0 Å². The molecule has 0 aromatic heterocycles. The molecule has 29 heavy (non-hydrogen) atoms. The standard InChI is InChI=1S/C21H36N4O3S/c1-3-23-21(24-14-7-15-28-20-8-5-4-6-9-20)25-16-18-10-12-19(13-11-18)17-29(26,27)22-2/h10-13,20,22H,3-9,14-17H2,1-2H3,(H2,23,24,25). The van der Waals surface area contributed by atoms with Crippen molar-refractivity contribution in [1.29, 1.82) is 0 Å². The number of hydrogen-bond acceptors (Lipinski definition) is 4. The number of hydrogen-bond donors (Lipinski definition) is 3. The highest BCUT2D eigenvalue weighted by molar-refractivity contribution is 7.88. The van der Waals surface area contributed by atoms with E-state index in [0.717, 1.165) is 43.2 Å². The van der Waals surface area contributed by atoms with E-state index in [1.54, 1.807) is 0 Å². The van der Waals surface area contributed by atoms with Crippen LogP contribution in [0.4, 0.5) is 0 Å². The van der Waals surface area contributed by atoms with Crippen LogP contribution in [-0.2, 0) is 27.1 Å². The van der Waals surface area contributed by atoms with Crippen molar-refractivity contribution < 1.29 is 13.2 Å². The topological polar surface area (TPSA) is 91.8 Å². The Hall–Kier alpha value is -1.64. The Morgan fingerprint density at radius 3 is 2.45 bits per heavy atom. The number of ether oxygens (including phenoxy) is 1. The summed E-state index contributed by atoms with van der Waals surface area (Å²) in [5.74, 6) is 0.771. The molecule has 0 unspecified atom stereocenters. The second-order valence-electron chi connectivity index (χ2n) is 7.39. The monoisotopic (exact) mass is 424 g/mol. The first-order valence-corrected chi connectivity index (χ1v) is 12.3. The van der Waals surface area contributed by atoms with Gasteiger partial charge in [-0.15, -0.1) is 0 Å². The van der Waals surface area contributed by atoms with Crippen LogP contribution < -0.4 is 15.4 Å². The van der Waals surface area contributed by atoms with E-state index < -0.39 is 10.0 Å². The van der Waals surface area contributed by atoms with Gasteiger partial charge in [-0.25, -0.2) is 18.1 Å². The Labute approximate surface area is 175 Å². The Morgan fingerprint density at radius 2 is 1.79 bits per heavy atom. The van der Waals surface area contributed by atoms with Crippen LogP contribution in [0.2, 0.25) is 0 Å². The molecule has 1 fully saturated rings. The highest BCUT2D eigenvalue weighted by Gasteiger charge is 2.13. The number of aliphatic imine (C=N–C) groups is 1. The van der Waals surface area contributed by atoms with E-state index in [1.807, 2.05) is 31.2 Å². The van der Waals surface area contributed by atoms with Crippen LogP contribution in [0.25, 0.3) is 0 Å². The van der Waals surface area contributed by atoms with Crippen molar-refractivity contribution in [2.45, 2.75) is 63.9 Å². The van der Waals surface area contributed by atoms with Crippen LogP contribution in [0.1, 0.15) is 56.6 Å². The van der Waals surface area contributed by atoms with E-state index in [-0.39, 0.29) is 5.75 Å². The van der Waals surface area contributed by atoms with Crippen molar-refractivity contribution in [2.24, 2.45) is 4.99 Å². The van der Waals surface area contributed by atoms with E-state index in [9.17, 15) is 8.42 Å². The molecular weight excluding hydrogens is 388 g/mol. The number of benzene rings is 1. The van der Waals surface area contributed by atoms with Crippen molar-refractivity contribution in [2.75, 3.05) is 26.7 Å². The summed E-state index contributed by atoms with van der Waals surface area (Å²) in [6.07, 6.45) is 7.77. The van der Waals surface area contributed by atoms with Crippen LogP contribution in [0, 0.1) is 0 Å². The fourth-order valence-electron chi connectivity index (χ4n) is 3.31. The van der Waals surface area contributed by atoms with Gasteiger partial charge in [0, 0.05) is 19.7 Å². The predicted octanol–water partition coefficient (Wildman–Crippen LogP) is 2.53. The lowest BCUT2D eigenvalue weighted by atomic mass is 9.98. The average Bonchev–Trinajstić information content (AvgIpc) is 2.73. The molecule has 2 rings (SSSR count). The van der Waals surface area contributed by atoms with Crippen molar-refractivity contribution in [3.05, 3.63) is 35.4 Å². The summed E-state index contributed by atoms with van der Waals surface area (Å²) in [6, 6.07) is 7.52. The van der Waals surface area contributed by atoms with Crippen LogP contribution in [-0.4, -0.2) is 47.2 Å². The molecule has 1 saturated carbocycles. The molecule has 1 aliphatic carbocycles. The molecule has 0 saturated heterocycles. The summed E-state index contributed by atoms with van der Waals surface area (Å²) < 4.78 is 31.5. The number of nitrogens with zero attached hydrogens (tertiary/aromatic N) is 1. The van der Waals surface area contributed by atoms with E-state index in [0.29, 0.717) is 12.6 Å². The number of rotatable bonds is 11. The molecule has 0 radical (unpaired) electrons. The summed E-state index contributed by atoms with van der Waals surface area (Å²) in [7, 11) is -1.82. The molecule has 0 amide bonds. The van der Waals surface area contributed by atoms with Gasteiger partial charge < -0.3 is 15.4 Å². The van der Waals surface area contributed by atoms with Crippen molar-refractivity contribution in [3.63, 3.8) is 0 Å². The van der Waals surface area contributed by atoms with Gasteiger partial charge in [-0.05, 0) is 44.4 Å². The van der Waals surface area contributed by atoms with E-state index in [2.05, 4.69) is 20.3 Å². The van der Waals surface area contributed by atoms with Gasteiger partial charge in [0.25, 0.3) is 0 Å². The lowest BCUT2D eigenvalue weighted by Gasteiger charge is -2.22. The number of sulfonamides is 1. The summed E-state index contributed by atoms with van der Waals surface area (Å²) in [6.45, 7) is 4.98. The maximum atomic E-state index is 11.6. The highest BCUT2D eigenvalue weighted by Crippen LogP contribution is 2.20. The van der Waals surface area contributed by atoms with E-state index in [4.69, 9.17) is 4.74 Å². The fourth-order valence-corrected chi connectivity index (χ4v) is 4.08. The molecule has 1 aromatic rings. The number of guanidine groups is 1. The van der Waals surface area contributed by atoms with Gasteiger partial charge in [0.1, 0.15) is 0 Å². The van der Waals surface area contributed by atoms with Gasteiger partial charge >= 0.3 is 0 Å². The molecule has 1 aromatic carbocycles. The molecule has 1 aliphatic rings. The molecule has 0 atom stereocenters. The van der Waals surface area contributed by atoms with E-state index in [1.165, 1.54) is 39.2 Å². The minimum Gasteiger partial charge on any atom is -0.378 e. The maximum Gasteiger partial charge on any atom is 0.215 e. The minimum absolute atomic E-state index is 0.0137.